The maximum absolute atomic E-state index is 5.65. The molecular weight excluding hydrogens is 204 g/mol. The number of hydrogen-bond donors (Lipinski definition) is 2. The molecule has 2 N–H and O–H groups in total. The van der Waals surface area contributed by atoms with Gasteiger partial charge in [-0.05, 0) is 38.3 Å². The zero-order chi connectivity index (χ0) is 10.7. The van der Waals surface area contributed by atoms with Crippen molar-refractivity contribution in [3.05, 3.63) is 0 Å². The Morgan fingerprint density at radius 3 is 2.80 bits per heavy atom. The van der Waals surface area contributed by atoms with Crippen LogP contribution in [0.15, 0.2) is 0 Å². The molecule has 4 atom stereocenters. The topological polar surface area (TPSA) is 33.3 Å². The molecule has 3 nitrogen and oxygen atoms in total. The van der Waals surface area contributed by atoms with E-state index in [-0.39, 0.29) is 0 Å². The van der Waals surface area contributed by atoms with E-state index >= 15 is 0 Å². The van der Waals surface area contributed by atoms with Crippen LogP contribution in [0.4, 0.5) is 0 Å². The largest absolute Gasteiger partial charge is 0.408 e. The van der Waals surface area contributed by atoms with E-state index in [0.29, 0.717) is 5.67 Å². The van der Waals surface area contributed by atoms with Crippen LogP contribution in [-0.2, 0) is 4.43 Å². The van der Waals surface area contributed by atoms with E-state index in [9.17, 15) is 0 Å². The van der Waals surface area contributed by atoms with E-state index in [1.165, 1.54) is 38.6 Å². The molecule has 0 aromatic carbocycles. The predicted octanol–water partition coefficient (Wildman–Crippen LogP) is 0.780. The third-order valence-electron chi connectivity index (χ3n) is 4.19. The number of nitrogens with one attached hydrogen (secondary N) is 2. The maximum Gasteiger partial charge on any atom is 0.269 e. The molecule has 4 unspecified atom stereocenters. The minimum Gasteiger partial charge on any atom is -0.408 e. The molecule has 0 aromatic rings. The number of rotatable bonds is 3. The van der Waals surface area contributed by atoms with Gasteiger partial charge in [0.25, 0.3) is 9.20 Å². The molecule has 0 aromatic heterocycles. The molecule has 1 saturated carbocycles. The van der Waals surface area contributed by atoms with Crippen LogP contribution < -0.4 is 10.3 Å². The Labute approximate surface area is 94.8 Å². The van der Waals surface area contributed by atoms with Crippen LogP contribution in [-0.4, -0.2) is 35.6 Å². The Morgan fingerprint density at radius 1 is 1.27 bits per heavy atom. The van der Waals surface area contributed by atoms with Gasteiger partial charge in [0.05, 0.1) is 0 Å². The van der Waals surface area contributed by atoms with Gasteiger partial charge in [0.15, 0.2) is 0 Å². The lowest BCUT2D eigenvalue weighted by Crippen LogP contribution is -2.60. The van der Waals surface area contributed by atoms with Crippen molar-refractivity contribution in [3.8, 4) is 0 Å². The SMILES string of the molecule is CN[SiH](OC)C1NCCC2CCCCC21. The lowest BCUT2D eigenvalue weighted by Gasteiger charge is -2.43. The van der Waals surface area contributed by atoms with Gasteiger partial charge in [-0.1, -0.05) is 19.3 Å². The minimum atomic E-state index is -1.23. The first kappa shape index (κ1) is 11.6. The van der Waals surface area contributed by atoms with Crippen LogP contribution >= 0.6 is 0 Å². The van der Waals surface area contributed by atoms with Crippen molar-refractivity contribution in [2.45, 2.75) is 37.8 Å². The van der Waals surface area contributed by atoms with E-state index in [1.807, 2.05) is 7.11 Å². The van der Waals surface area contributed by atoms with Crippen LogP contribution in [0.3, 0.4) is 0 Å². The maximum atomic E-state index is 5.65. The van der Waals surface area contributed by atoms with E-state index < -0.39 is 9.20 Å². The lowest BCUT2D eigenvalue weighted by molar-refractivity contribution is 0.155. The second-order valence-corrected chi connectivity index (χ2v) is 7.53. The van der Waals surface area contributed by atoms with Crippen LogP contribution in [0, 0.1) is 11.8 Å². The van der Waals surface area contributed by atoms with Crippen LogP contribution in [0.25, 0.3) is 0 Å². The summed E-state index contributed by atoms with van der Waals surface area (Å²) in [7, 11) is 2.68. The summed E-state index contributed by atoms with van der Waals surface area (Å²) in [5, 5.41) is 3.69. The van der Waals surface area contributed by atoms with Gasteiger partial charge in [0.1, 0.15) is 0 Å². The Kier molecular flexibility index (Phi) is 4.19. The van der Waals surface area contributed by atoms with E-state index in [2.05, 4.69) is 17.3 Å². The highest BCUT2D eigenvalue weighted by molar-refractivity contribution is 6.50. The Balaban J connectivity index is 2.02. The van der Waals surface area contributed by atoms with Crippen molar-refractivity contribution in [3.63, 3.8) is 0 Å². The summed E-state index contributed by atoms with van der Waals surface area (Å²) in [4.78, 5) is 3.41. The first-order valence-corrected chi connectivity index (χ1v) is 8.02. The standard InChI is InChI=1S/C11H24N2OSi/c1-12-15(14-2)11-10-6-4-3-5-9(10)7-8-13-11/h9-13,15H,3-8H2,1-2H3. The molecule has 1 aliphatic heterocycles. The third kappa shape index (κ3) is 2.44. The average molecular weight is 228 g/mol. The highest BCUT2D eigenvalue weighted by Crippen LogP contribution is 2.37. The molecule has 88 valence electrons. The van der Waals surface area contributed by atoms with Crippen LogP contribution in [0.1, 0.15) is 32.1 Å². The second kappa shape index (κ2) is 5.43. The molecule has 2 rings (SSSR count). The monoisotopic (exact) mass is 228 g/mol. The molecule has 1 aliphatic carbocycles. The molecule has 0 radical (unpaired) electrons. The Bertz CT molecular complexity index is 197. The molecule has 0 spiro atoms. The fourth-order valence-electron chi connectivity index (χ4n) is 3.43. The molecule has 2 aliphatic rings. The normalized spacial score (nSPS) is 38.4. The van der Waals surface area contributed by atoms with E-state index in [0.717, 1.165) is 11.8 Å². The van der Waals surface area contributed by atoms with Gasteiger partial charge in [-0.3, -0.25) is 0 Å². The highest BCUT2D eigenvalue weighted by Gasteiger charge is 2.39. The summed E-state index contributed by atoms with van der Waals surface area (Å²) in [5.74, 6) is 1.86. The highest BCUT2D eigenvalue weighted by atomic mass is 28.3. The minimum absolute atomic E-state index is 0.652. The fourth-order valence-corrected chi connectivity index (χ4v) is 5.65. The summed E-state index contributed by atoms with van der Waals surface area (Å²) < 4.78 is 5.65. The Hall–Kier alpha value is 0.0969. The van der Waals surface area contributed by atoms with Crippen molar-refractivity contribution in [1.29, 1.82) is 0 Å². The third-order valence-corrected chi connectivity index (χ3v) is 6.65. The molecule has 2 fully saturated rings. The first-order chi connectivity index (χ1) is 7.36. The molecule has 1 saturated heterocycles. The van der Waals surface area contributed by atoms with Gasteiger partial charge in [-0.15, -0.1) is 0 Å². The van der Waals surface area contributed by atoms with Gasteiger partial charge in [-0.25, -0.2) is 0 Å². The van der Waals surface area contributed by atoms with Gasteiger partial charge in [-0.2, -0.15) is 0 Å². The zero-order valence-electron chi connectivity index (χ0n) is 9.96. The molecule has 1 heterocycles. The van der Waals surface area contributed by atoms with Crippen molar-refractivity contribution < 1.29 is 4.43 Å². The number of hydrogen-bond acceptors (Lipinski definition) is 3. The summed E-state index contributed by atoms with van der Waals surface area (Å²) in [6.07, 6.45) is 7.13. The summed E-state index contributed by atoms with van der Waals surface area (Å²) in [6, 6.07) is 0. The van der Waals surface area contributed by atoms with Crippen LogP contribution in [0.5, 0.6) is 0 Å². The van der Waals surface area contributed by atoms with Gasteiger partial charge >= 0.3 is 0 Å². The first-order valence-electron chi connectivity index (χ1n) is 6.30. The van der Waals surface area contributed by atoms with Crippen LogP contribution in [0.2, 0.25) is 0 Å². The van der Waals surface area contributed by atoms with E-state index in [4.69, 9.17) is 4.43 Å². The molecule has 4 heteroatoms. The molecule has 15 heavy (non-hydrogen) atoms. The van der Waals surface area contributed by atoms with Crippen molar-refractivity contribution in [2.24, 2.45) is 11.8 Å². The fraction of sp³-hybridized carbons (Fsp3) is 1.00. The van der Waals surface area contributed by atoms with Crippen molar-refractivity contribution in [1.82, 2.24) is 10.3 Å². The lowest BCUT2D eigenvalue weighted by atomic mass is 9.75. The summed E-state index contributed by atoms with van der Waals surface area (Å²) >= 11 is 0. The smallest absolute Gasteiger partial charge is 0.269 e. The second-order valence-electron chi connectivity index (χ2n) is 4.92. The zero-order valence-corrected chi connectivity index (χ0v) is 11.1. The van der Waals surface area contributed by atoms with Crippen molar-refractivity contribution >= 4 is 9.20 Å². The number of fused-ring (bicyclic) bond motifs is 1. The quantitative estimate of drug-likeness (QED) is 0.701. The van der Waals surface area contributed by atoms with Gasteiger partial charge < -0.3 is 14.7 Å². The van der Waals surface area contributed by atoms with Crippen molar-refractivity contribution in [2.75, 3.05) is 20.7 Å². The summed E-state index contributed by atoms with van der Waals surface area (Å²) in [5.41, 5.74) is 0.652. The molecule has 0 amide bonds. The predicted molar refractivity (Wildman–Crippen MR) is 65.1 cm³/mol. The average Bonchev–Trinajstić information content (AvgIpc) is 2.31. The number of piperidine rings is 1. The van der Waals surface area contributed by atoms with Gasteiger partial charge in [0.2, 0.25) is 0 Å². The summed E-state index contributed by atoms with van der Waals surface area (Å²) in [6.45, 7) is 1.19. The molecule has 0 bridgehead atoms. The van der Waals surface area contributed by atoms with Gasteiger partial charge in [0, 0.05) is 12.8 Å². The Morgan fingerprint density at radius 2 is 2.07 bits per heavy atom. The molecular formula is C11H24N2OSi. The van der Waals surface area contributed by atoms with E-state index in [1.54, 1.807) is 0 Å².